The SMILES string of the molecule is CC(=O)O[C@@H]1CC[C@@]2(C)C(=CC[C@H]3[C@H]2CC[C@]2(C)[C@@H](C#N)CC[C@@H]32)C1. The number of ether oxygens (including phenoxy) is 1. The number of fused-ring (bicyclic) bond motifs is 5. The van der Waals surface area contributed by atoms with Crippen LogP contribution in [0.15, 0.2) is 11.6 Å². The average Bonchev–Trinajstić information content (AvgIpc) is 2.91. The molecule has 3 nitrogen and oxygen atoms in total. The number of hydrogen-bond donors (Lipinski definition) is 0. The molecule has 25 heavy (non-hydrogen) atoms. The molecule has 0 aromatic carbocycles. The van der Waals surface area contributed by atoms with E-state index in [1.165, 1.54) is 32.6 Å². The molecule has 0 saturated heterocycles. The van der Waals surface area contributed by atoms with Gasteiger partial charge in [0.05, 0.1) is 12.0 Å². The molecule has 4 aliphatic carbocycles. The van der Waals surface area contributed by atoms with E-state index in [0.717, 1.165) is 43.4 Å². The topological polar surface area (TPSA) is 50.1 Å². The smallest absolute Gasteiger partial charge is 0.302 e. The van der Waals surface area contributed by atoms with Crippen LogP contribution in [0, 0.1) is 45.8 Å². The predicted octanol–water partition coefficient (Wildman–Crippen LogP) is 5.02. The molecule has 4 rings (SSSR count). The van der Waals surface area contributed by atoms with Gasteiger partial charge in [0.1, 0.15) is 6.10 Å². The van der Waals surface area contributed by atoms with Crippen LogP contribution in [0.25, 0.3) is 0 Å². The molecule has 0 aromatic heterocycles. The maximum absolute atomic E-state index is 11.3. The number of allylic oxidation sites excluding steroid dienone is 1. The van der Waals surface area contributed by atoms with Crippen molar-refractivity contribution in [3.8, 4) is 6.07 Å². The highest BCUT2D eigenvalue weighted by Gasteiger charge is 2.58. The third-order valence-corrected chi connectivity index (χ3v) is 8.55. The standard InChI is InChI=1S/C22H31NO2/c1-14(24)25-17-8-10-21(2)15(12-17)4-6-18-19-7-5-16(13-23)22(19,3)11-9-20(18)21/h4,16-20H,5-12H2,1-3H3/t16-,17-,18-,19+,20-,21+,22-/m1/s1. The van der Waals surface area contributed by atoms with Gasteiger partial charge in [-0.1, -0.05) is 25.5 Å². The van der Waals surface area contributed by atoms with Crippen LogP contribution < -0.4 is 0 Å². The van der Waals surface area contributed by atoms with Crippen LogP contribution in [0.3, 0.4) is 0 Å². The van der Waals surface area contributed by atoms with Crippen molar-refractivity contribution in [2.24, 2.45) is 34.5 Å². The minimum absolute atomic E-state index is 0.0803. The van der Waals surface area contributed by atoms with E-state index in [1.807, 2.05) is 0 Å². The molecule has 0 aliphatic heterocycles. The van der Waals surface area contributed by atoms with E-state index < -0.39 is 0 Å². The highest BCUT2D eigenvalue weighted by molar-refractivity contribution is 5.66. The van der Waals surface area contributed by atoms with Crippen LogP contribution in [-0.2, 0) is 9.53 Å². The second kappa shape index (κ2) is 5.86. The summed E-state index contributed by atoms with van der Waals surface area (Å²) < 4.78 is 5.52. The van der Waals surface area contributed by atoms with Gasteiger partial charge in [0.2, 0.25) is 0 Å². The lowest BCUT2D eigenvalue weighted by atomic mass is 9.47. The molecule has 0 aromatic rings. The van der Waals surface area contributed by atoms with Gasteiger partial charge in [0.15, 0.2) is 0 Å². The zero-order valence-electron chi connectivity index (χ0n) is 15.9. The van der Waals surface area contributed by atoms with Crippen molar-refractivity contribution in [3.05, 3.63) is 11.6 Å². The molecule has 7 atom stereocenters. The van der Waals surface area contributed by atoms with E-state index in [-0.39, 0.29) is 28.8 Å². The third kappa shape index (κ3) is 2.47. The second-order valence-electron chi connectivity index (χ2n) is 9.54. The van der Waals surface area contributed by atoms with Gasteiger partial charge < -0.3 is 4.74 Å². The van der Waals surface area contributed by atoms with E-state index in [4.69, 9.17) is 4.74 Å². The number of nitrogens with zero attached hydrogens (tertiary/aromatic N) is 1. The number of hydrogen-bond acceptors (Lipinski definition) is 3. The maximum Gasteiger partial charge on any atom is 0.302 e. The summed E-state index contributed by atoms with van der Waals surface area (Å²) in [6.45, 7) is 6.39. The monoisotopic (exact) mass is 341 g/mol. The van der Waals surface area contributed by atoms with Crippen LogP contribution in [0.1, 0.15) is 72.1 Å². The van der Waals surface area contributed by atoms with E-state index in [1.54, 1.807) is 5.57 Å². The molecule has 0 unspecified atom stereocenters. The fourth-order valence-corrected chi connectivity index (χ4v) is 7.18. The minimum atomic E-state index is -0.148. The largest absolute Gasteiger partial charge is 0.462 e. The summed E-state index contributed by atoms with van der Waals surface area (Å²) in [5, 5.41) is 9.60. The molecule has 0 bridgehead atoms. The quantitative estimate of drug-likeness (QED) is 0.497. The van der Waals surface area contributed by atoms with Crippen LogP contribution in [0.4, 0.5) is 0 Å². The van der Waals surface area contributed by atoms with Gasteiger partial charge in [0.25, 0.3) is 0 Å². The number of rotatable bonds is 1. The van der Waals surface area contributed by atoms with Crippen molar-refractivity contribution in [2.75, 3.05) is 0 Å². The summed E-state index contributed by atoms with van der Waals surface area (Å²) >= 11 is 0. The summed E-state index contributed by atoms with van der Waals surface area (Å²) in [6, 6.07) is 2.63. The number of carbonyl (C=O) groups is 1. The van der Waals surface area contributed by atoms with Crippen molar-refractivity contribution >= 4 is 5.97 Å². The summed E-state index contributed by atoms with van der Waals surface area (Å²) in [7, 11) is 0. The van der Waals surface area contributed by atoms with Gasteiger partial charge in [-0.25, -0.2) is 0 Å². The Morgan fingerprint density at radius 3 is 2.72 bits per heavy atom. The Labute approximate surface area is 151 Å². The van der Waals surface area contributed by atoms with Crippen LogP contribution >= 0.6 is 0 Å². The van der Waals surface area contributed by atoms with Crippen molar-refractivity contribution in [3.63, 3.8) is 0 Å². The summed E-state index contributed by atoms with van der Waals surface area (Å²) in [6.07, 6.45) is 11.6. The summed E-state index contributed by atoms with van der Waals surface area (Å²) in [4.78, 5) is 11.3. The molecular weight excluding hydrogens is 310 g/mol. The number of carbonyl (C=O) groups excluding carboxylic acids is 1. The Bertz CT molecular complexity index is 647. The first kappa shape index (κ1) is 17.1. The molecule has 0 amide bonds. The van der Waals surface area contributed by atoms with Gasteiger partial charge in [-0.2, -0.15) is 5.26 Å². The second-order valence-corrected chi connectivity index (χ2v) is 9.54. The molecule has 0 N–H and O–H groups in total. The van der Waals surface area contributed by atoms with Crippen molar-refractivity contribution < 1.29 is 9.53 Å². The van der Waals surface area contributed by atoms with Crippen LogP contribution in [-0.4, -0.2) is 12.1 Å². The molecule has 0 heterocycles. The van der Waals surface area contributed by atoms with Crippen molar-refractivity contribution in [1.82, 2.24) is 0 Å². The Morgan fingerprint density at radius 1 is 1.20 bits per heavy atom. The van der Waals surface area contributed by atoms with Gasteiger partial charge >= 0.3 is 5.97 Å². The van der Waals surface area contributed by atoms with Crippen molar-refractivity contribution in [2.45, 2.75) is 78.2 Å². The van der Waals surface area contributed by atoms with Crippen molar-refractivity contribution in [1.29, 1.82) is 5.26 Å². The molecule has 136 valence electrons. The van der Waals surface area contributed by atoms with Gasteiger partial charge in [0, 0.05) is 13.3 Å². The Kier molecular flexibility index (Phi) is 4.02. The molecule has 0 radical (unpaired) electrons. The Balaban J connectivity index is 1.59. The van der Waals surface area contributed by atoms with E-state index in [0.29, 0.717) is 0 Å². The van der Waals surface area contributed by atoms with E-state index in [9.17, 15) is 10.1 Å². The molecule has 4 aliphatic rings. The highest BCUT2D eigenvalue weighted by Crippen LogP contribution is 2.66. The lowest BCUT2D eigenvalue weighted by Gasteiger charge is -2.57. The molecule has 3 heteroatoms. The summed E-state index contributed by atoms with van der Waals surface area (Å²) in [5.74, 6) is 2.33. The number of esters is 1. The fraction of sp³-hybridized carbons (Fsp3) is 0.818. The van der Waals surface area contributed by atoms with Gasteiger partial charge in [-0.3, -0.25) is 4.79 Å². The first-order valence-electron chi connectivity index (χ1n) is 10.1. The lowest BCUT2D eigenvalue weighted by molar-refractivity contribution is -0.148. The van der Waals surface area contributed by atoms with Crippen LogP contribution in [0.2, 0.25) is 0 Å². The maximum atomic E-state index is 11.3. The average molecular weight is 341 g/mol. The Morgan fingerprint density at radius 2 is 2.00 bits per heavy atom. The Hall–Kier alpha value is -1.30. The molecule has 0 spiro atoms. The first-order chi connectivity index (χ1) is 11.9. The fourth-order valence-electron chi connectivity index (χ4n) is 7.18. The molecule has 3 saturated carbocycles. The predicted molar refractivity (Wildman–Crippen MR) is 96.4 cm³/mol. The van der Waals surface area contributed by atoms with Gasteiger partial charge in [-0.15, -0.1) is 0 Å². The van der Waals surface area contributed by atoms with E-state index in [2.05, 4.69) is 26.0 Å². The third-order valence-electron chi connectivity index (χ3n) is 8.55. The summed E-state index contributed by atoms with van der Waals surface area (Å²) in [5.41, 5.74) is 2.07. The zero-order chi connectivity index (χ0) is 17.8. The number of nitriles is 1. The first-order valence-corrected chi connectivity index (χ1v) is 10.1. The molecular formula is C22H31NO2. The van der Waals surface area contributed by atoms with Gasteiger partial charge in [-0.05, 0) is 73.5 Å². The normalized spacial score (nSPS) is 48.4. The highest BCUT2D eigenvalue weighted by atomic mass is 16.5. The van der Waals surface area contributed by atoms with Crippen LogP contribution in [0.5, 0.6) is 0 Å². The minimum Gasteiger partial charge on any atom is -0.462 e. The van der Waals surface area contributed by atoms with E-state index >= 15 is 0 Å². The molecule has 3 fully saturated rings. The lowest BCUT2D eigenvalue weighted by Crippen LogP contribution is -2.50. The zero-order valence-corrected chi connectivity index (χ0v) is 15.9.